The zero-order valence-electron chi connectivity index (χ0n) is 19.3. The second kappa shape index (κ2) is 11.2. The Balaban J connectivity index is 1.60. The first kappa shape index (κ1) is 25.8. The normalized spacial score (nSPS) is 10.8. The Morgan fingerprint density at radius 2 is 1.76 bits per heavy atom. The fourth-order valence-corrected chi connectivity index (χ4v) is 4.69. The number of halogens is 1. The lowest BCUT2D eigenvalue weighted by atomic mass is 10.1. The van der Waals surface area contributed by atoms with Gasteiger partial charge in [-0.1, -0.05) is 47.6 Å². The summed E-state index contributed by atoms with van der Waals surface area (Å²) in [6.07, 6.45) is 0. The molecule has 0 bridgehead atoms. The number of hydrogen-bond acceptors (Lipinski definition) is 8. The van der Waals surface area contributed by atoms with Crippen LogP contribution in [0.2, 0.25) is 5.02 Å². The van der Waals surface area contributed by atoms with E-state index in [1.807, 2.05) is 31.2 Å². The summed E-state index contributed by atoms with van der Waals surface area (Å²) in [5.41, 5.74) is 2.44. The molecule has 37 heavy (non-hydrogen) atoms. The first-order chi connectivity index (χ1) is 17.7. The molecule has 0 unspecified atom stereocenters. The maximum Gasteiger partial charge on any atom is 0.288 e. The third-order valence-corrected chi connectivity index (χ3v) is 6.75. The summed E-state index contributed by atoms with van der Waals surface area (Å²) in [6, 6.07) is 17.6. The lowest BCUT2D eigenvalue weighted by Crippen LogP contribution is -2.24. The number of nitrogens with zero attached hydrogens (tertiary/aromatic N) is 5. The number of nitro benzene ring substituents is 2. The minimum absolute atomic E-state index is 0.0514. The van der Waals surface area contributed by atoms with E-state index in [1.54, 1.807) is 16.7 Å². The highest BCUT2D eigenvalue weighted by Gasteiger charge is 2.19. The van der Waals surface area contributed by atoms with Crippen LogP contribution in [0, 0.1) is 27.2 Å². The van der Waals surface area contributed by atoms with Crippen molar-refractivity contribution in [1.82, 2.24) is 20.1 Å². The molecule has 0 radical (unpaired) electrons. The van der Waals surface area contributed by atoms with Crippen molar-refractivity contribution in [3.8, 4) is 5.69 Å². The third-order valence-electron chi connectivity index (χ3n) is 5.45. The molecule has 188 valence electrons. The maximum atomic E-state index is 12.7. The zero-order chi connectivity index (χ0) is 26.5. The van der Waals surface area contributed by atoms with Crippen LogP contribution in [0.4, 0.5) is 11.4 Å². The highest BCUT2D eigenvalue weighted by Crippen LogP contribution is 2.28. The van der Waals surface area contributed by atoms with Crippen LogP contribution in [0.5, 0.6) is 0 Å². The molecule has 0 fully saturated rings. The second-order valence-electron chi connectivity index (χ2n) is 7.83. The Hall–Kier alpha value is -4.29. The number of non-ortho nitro benzene ring substituents is 1. The van der Waals surface area contributed by atoms with Crippen molar-refractivity contribution >= 4 is 40.6 Å². The van der Waals surface area contributed by atoms with Crippen molar-refractivity contribution in [2.45, 2.75) is 24.4 Å². The van der Waals surface area contributed by atoms with Gasteiger partial charge in [0, 0.05) is 35.2 Å². The Bertz CT molecular complexity index is 1490. The molecule has 1 heterocycles. The number of carbonyl (C=O) groups excluding carboxylic acids is 1. The van der Waals surface area contributed by atoms with Crippen LogP contribution in [-0.4, -0.2) is 30.5 Å². The Kier molecular flexibility index (Phi) is 7.80. The standard InChI is InChI=1S/C24H19ClN6O5S/c1-15-4-2-3-5-17(15)14-37-24-28-27-22(29(24)18-7-9-19(10-8-18)30(33)34)13-26-23(32)16-6-11-20(25)21(12-16)31(35)36/h2-12H,13-14H2,1H3,(H,26,32). The number of amides is 1. The molecule has 0 aliphatic carbocycles. The Morgan fingerprint density at radius 3 is 2.43 bits per heavy atom. The Morgan fingerprint density at radius 1 is 1.03 bits per heavy atom. The van der Waals surface area contributed by atoms with Gasteiger partial charge in [0.1, 0.15) is 5.02 Å². The molecule has 1 aromatic heterocycles. The summed E-state index contributed by atoms with van der Waals surface area (Å²) in [5.74, 6) is 0.420. The highest BCUT2D eigenvalue weighted by atomic mass is 35.5. The number of thioether (sulfide) groups is 1. The van der Waals surface area contributed by atoms with E-state index in [9.17, 15) is 25.0 Å². The van der Waals surface area contributed by atoms with Crippen LogP contribution < -0.4 is 5.32 Å². The Labute approximate surface area is 219 Å². The molecule has 4 aromatic rings. The van der Waals surface area contributed by atoms with Gasteiger partial charge < -0.3 is 5.32 Å². The number of nitrogens with one attached hydrogen (secondary N) is 1. The number of nitro groups is 2. The smallest absolute Gasteiger partial charge is 0.288 e. The van der Waals surface area contributed by atoms with Crippen LogP contribution in [0.1, 0.15) is 27.3 Å². The maximum absolute atomic E-state index is 12.7. The number of aromatic nitrogens is 3. The highest BCUT2D eigenvalue weighted by molar-refractivity contribution is 7.98. The van der Waals surface area contributed by atoms with Gasteiger partial charge in [0.2, 0.25) is 0 Å². The lowest BCUT2D eigenvalue weighted by molar-refractivity contribution is -0.385. The zero-order valence-corrected chi connectivity index (χ0v) is 20.9. The molecule has 0 saturated heterocycles. The summed E-state index contributed by atoms with van der Waals surface area (Å²) >= 11 is 7.27. The van der Waals surface area contributed by atoms with Gasteiger partial charge in [0.05, 0.1) is 16.4 Å². The summed E-state index contributed by atoms with van der Waals surface area (Å²) in [5, 5.41) is 33.9. The van der Waals surface area contributed by atoms with E-state index in [4.69, 9.17) is 11.6 Å². The van der Waals surface area contributed by atoms with E-state index in [-0.39, 0.29) is 28.5 Å². The van der Waals surface area contributed by atoms with Crippen LogP contribution >= 0.6 is 23.4 Å². The average molecular weight is 539 g/mol. The minimum Gasteiger partial charge on any atom is -0.345 e. The van der Waals surface area contributed by atoms with Gasteiger partial charge >= 0.3 is 0 Å². The predicted octanol–water partition coefficient (Wildman–Crippen LogP) is 5.27. The van der Waals surface area contributed by atoms with Crippen molar-refractivity contribution in [2.24, 2.45) is 0 Å². The molecule has 0 spiro atoms. The molecular formula is C24H19ClN6O5S. The molecule has 0 aliphatic rings. The van der Waals surface area contributed by atoms with Crippen molar-refractivity contribution in [3.63, 3.8) is 0 Å². The van der Waals surface area contributed by atoms with E-state index in [1.165, 1.54) is 36.0 Å². The van der Waals surface area contributed by atoms with E-state index in [2.05, 4.69) is 15.5 Å². The fourth-order valence-electron chi connectivity index (χ4n) is 3.46. The van der Waals surface area contributed by atoms with Crippen molar-refractivity contribution < 1.29 is 14.6 Å². The molecule has 11 nitrogen and oxygen atoms in total. The molecular weight excluding hydrogens is 520 g/mol. The largest absolute Gasteiger partial charge is 0.345 e. The van der Waals surface area contributed by atoms with Crippen molar-refractivity contribution in [1.29, 1.82) is 0 Å². The molecule has 0 atom stereocenters. The predicted molar refractivity (Wildman–Crippen MR) is 138 cm³/mol. The first-order valence-electron chi connectivity index (χ1n) is 10.8. The van der Waals surface area contributed by atoms with Gasteiger partial charge in [-0.3, -0.25) is 29.6 Å². The number of benzene rings is 3. The van der Waals surface area contributed by atoms with Gasteiger partial charge in [0.25, 0.3) is 17.3 Å². The van der Waals surface area contributed by atoms with Gasteiger partial charge in [-0.25, -0.2) is 0 Å². The summed E-state index contributed by atoms with van der Waals surface area (Å²) in [6.45, 7) is 1.96. The fraction of sp³-hybridized carbons (Fsp3) is 0.125. The van der Waals surface area contributed by atoms with E-state index in [0.717, 1.165) is 17.2 Å². The van der Waals surface area contributed by atoms with Gasteiger partial charge in [-0.15, -0.1) is 10.2 Å². The molecule has 0 aliphatic heterocycles. The van der Waals surface area contributed by atoms with Gasteiger partial charge in [-0.2, -0.15) is 0 Å². The number of rotatable bonds is 9. The second-order valence-corrected chi connectivity index (χ2v) is 9.18. The van der Waals surface area contributed by atoms with Crippen LogP contribution in [0.15, 0.2) is 71.9 Å². The molecule has 1 amide bonds. The summed E-state index contributed by atoms with van der Waals surface area (Å²) in [4.78, 5) is 33.8. The molecule has 13 heteroatoms. The topological polar surface area (TPSA) is 146 Å². The van der Waals surface area contributed by atoms with Crippen molar-refractivity contribution in [3.05, 3.63) is 114 Å². The first-order valence-corrected chi connectivity index (χ1v) is 12.2. The summed E-state index contributed by atoms with van der Waals surface area (Å²) in [7, 11) is 0. The summed E-state index contributed by atoms with van der Waals surface area (Å²) < 4.78 is 1.71. The van der Waals surface area contributed by atoms with E-state index >= 15 is 0 Å². The number of hydrogen-bond donors (Lipinski definition) is 1. The van der Waals surface area contributed by atoms with E-state index in [0.29, 0.717) is 22.4 Å². The monoisotopic (exact) mass is 538 g/mol. The van der Waals surface area contributed by atoms with E-state index < -0.39 is 15.8 Å². The molecule has 4 rings (SSSR count). The lowest BCUT2D eigenvalue weighted by Gasteiger charge is -2.12. The van der Waals surface area contributed by atoms with Crippen LogP contribution in [0.25, 0.3) is 5.69 Å². The minimum atomic E-state index is -0.664. The molecule has 3 aromatic carbocycles. The molecule has 1 N–H and O–H groups in total. The third kappa shape index (κ3) is 5.93. The SMILES string of the molecule is Cc1ccccc1CSc1nnc(CNC(=O)c2ccc(Cl)c([N+](=O)[O-])c2)n1-c1ccc([N+](=O)[O-])cc1. The molecule has 0 saturated carbocycles. The van der Waals surface area contributed by atoms with Gasteiger partial charge in [-0.05, 0) is 42.3 Å². The van der Waals surface area contributed by atoms with Crippen LogP contribution in [0.3, 0.4) is 0 Å². The van der Waals surface area contributed by atoms with Crippen molar-refractivity contribution in [2.75, 3.05) is 0 Å². The van der Waals surface area contributed by atoms with Crippen LogP contribution in [-0.2, 0) is 12.3 Å². The van der Waals surface area contributed by atoms with Gasteiger partial charge in [0.15, 0.2) is 11.0 Å². The number of aryl methyl sites for hydroxylation is 1. The number of carbonyl (C=O) groups is 1. The quantitative estimate of drug-likeness (QED) is 0.172. The average Bonchev–Trinajstić information content (AvgIpc) is 3.29.